The van der Waals surface area contributed by atoms with Gasteiger partial charge in [-0.25, -0.2) is 0 Å². The van der Waals surface area contributed by atoms with E-state index in [4.69, 9.17) is 16.3 Å². The molecule has 2 rings (SSSR count). The Morgan fingerprint density at radius 1 is 1.37 bits per heavy atom. The lowest BCUT2D eigenvalue weighted by atomic mass is 10.2. The molecule has 1 aliphatic heterocycles. The minimum atomic E-state index is 0.664. The van der Waals surface area contributed by atoms with Crippen molar-refractivity contribution in [1.29, 1.82) is 0 Å². The molecule has 1 heterocycles. The van der Waals surface area contributed by atoms with Gasteiger partial charge in [0, 0.05) is 34.9 Å². The van der Waals surface area contributed by atoms with Gasteiger partial charge in [0.05, 0.1) is 0 Å². The molecule has 0 saturated carbocycles. The van der Waals surface area contributed by atoms with Crippen LogP contribution < -0.4 is 5.32 Å². The van der Waals surface area contributed by atoms with Crippen LogP contribution in [0.15, 0.2) is 23.1 Å². The van der Waals surface area contributed by atoms with Crippen LogP contribution in [0.25, 0.3) is 0 Å². The molecule has 1 aromatic carbocycles. The Balaban J connectivity index is 2.03. The molecule has 1 saturated heterocycles. The van der Waals surface area contributed by atoms with Crippen LogP contribution in [0, 0.1) is 0 Å². The number of hydrogen-bond donors (Lipinski definition) is 1. The molecule has 0 amide bonds. The third kappa shape index (κ3) is 4.67. The van der Waals surface area contributed by atoms with Crippen LogP contribution in [0.1, 0.15) is 31.7 Å². The van der Waals surface area contributed by atoms with Crippen LogP contribution in [0.5, 0.6) is 0 Å². The molecule has 0 unspecified atom stereocenters. The highest BCUT2D eigenvalue weighted by atomic mass is 35.5. The van der Waals surface area contributed by atoms with Crippen molar-refractivity contribution < 1.29 is 4.74 Å². The van der Waals surface area contributed by atoms with Crippen LogP contribution in [0.2, 0.25) is 5.02 Å². The molecular formula is C15H22ClNOS. The zero-order valence-corrected chi connectivity index (χ0v) is 13.0. The van der Waals surface area contributed by atoms with Crippen molar-refractivity contribution in [2.45, 2.75) is 42.9 Å². The summed E-state index contributed by atoms with van der Waals surface area (Å²) in [4.78, 5) is 1.32. The Labute approximate surface area is 125 Å². The van der Waals surface area contributed by atoms with Gasteiger partial charge in [0.2, 0.25) is 0 Å². The zero-order chi connectivity index (χ0) is 13.5. The summed E-state index contributed by atoms with van der Waals surface area (Å²) in [5.74, 6) is 0. The maximum atomic E-state index is 6.35. The van der Waals surface area contributed by atoms with Gasteiger partial charge in [-0.05, 0) is 43.5 Å². The molecule has 1 aliphatic rings. The number of rotatable bonds is 6. The standard InChI is InChI=1S/C15H22ClNOS/c1-2-8-17-11-13-14(16)4-3-5-15(13)19-12-6-9-18-10-7-12/h3-5,12,17H,2,6-11H2,1H3. The molecule has 2 nitrogen and oxygen atoms in total. The van der Waals surface area contributed by atoms with Crippen molar-refractivity contribution in [3.05, 3.63) is 28.8 Å². The van der Waals surface area contributed by atoms with Crippen molar-refractivity contribution in [2.75, 3.05) is 19.8 Å². The molecule has 0 aromatic heterocycles. The average molecular weight is 300 g/mol. The normalized spacial score (nSPS) is 16.7. The lowest BCUT2D eigenvalue weighted by Gasteiger charge is -2.23. The first-order valence-electron chi connectivity index (χ1n) is 7.03. The van der Waals surface area contributed by atoms with Gasteiger partial charge in [-0.2, -0.15) is 0 Å². The minimum Gasteiger partial charge on any atom is -0.381 e. The minimum absolute atomic E-state index is 0.664. The van der Waals surface area contributed by atoms with Crippen LogP contribution in [0.3, 0.4) is 0 Å². The molecule has 1 fully saturated rings. The van der Waals surface area contributed by atoms with Crippen molar-refractivity contribution in [3.8, 4) is 0 Å². The van der Waals surface area contributed by atoms with E-state index in [0.717, 1.165) is 50.6 Å². The summed E-state index contributed by atoms with van der Waals surface area (Å²) in [6.07, 6.45) is 3.42. The second kappa shape index (κ2) is 8.15. The third-order valence-corrected chi connectivity index (χ3v) is 5.06. The maximum Gasteiger partial charge on any atom is 0.0476 e. The Morgan fingerprint density at radius 3 is 2.89 bits per heavy atom. The van der Waals surface area contributed by atoms with Gasteiger partial charge in [0.15, 0.2) is 0 Å². The number of hydrogen-bond acceptors (Lipinski definition) is 3. The number of nitrogens with one attached hydrogen (secondary N) is 1. The van der Waals surface area contributed by atoms with E-state index in [2.05, 4.69) is 18.3 Å². The molecule has 0 atom stereocenters. The van der Waals surface area contributed by atoms with Gasteiger partial charge < -0.3 is 10.1 Å². The molecular weight excluding hydrogens is 278 g/mol. The molecule has 0 radical (unpaired) electrons. The van der Waals surface area contributed by atoms with Crippen molar-refractivity contribution in [2.24, 2.45) is 0 Å². The first kappa shape index (κ1) is 15.2. The Morgan fingerprint density at radius 2 is 2.16 bits per heavy atom. The lowest BCUT2D eigenvalue weighted by molar-refractivity contribution is 0.1000. The molecule has 0 aliphatic carbocycles. The molecule has 1 aromatic rings. The van der Waals surface area contributed by atoms with Gasteiger partial charge in [-0.1, -0.05) is 24.6 Å². The number of ether oxygens (including phenoxy) is 1. The predicted octanol–water partition coefficient (Wildman–Crippen LogP) is 4.11. The van der Waals surface area contributed by atoms with Gasteiger partial charge in [0.1, 0.15) is 0 Å². The monoisotopic (exact) mass is 299 g/mol. The van der Waals surface area contributed by atoms with E-state index in [0.29, 0.717) is 5.25 Å². The Bertz CT molecular complexity index is 394. The smallest absolute Gasteiger partial charge is 0.0476 e. The highest BCUT2D eigenvalue weighted by Gasteiger charge is 2.17. The maximum absolute atomic E-state index is 6.35. The third-order valence-electron chi connectivity index (χ3n) is 3.27. The summed E-state index contributed by atoms with van der Waals surface area (Å²) in [5, 5.41) is 4.99. The van der Waals surface area contributed by atoms with E-state index >= 15 is 0 Å². The van der Waals surface area contributed by atoms with Gasteiger partial charge >= 0.3 is 0 Å². The van der Waals surface area contributed by atoms with Crippen LogP contribution in [0.4, 0.5) is 0 Å². The van der Waals surface area contributed by atoms with Crippen LogP contribution in [-0.4, -0.2) is 25.0 Å². The van der Waals surface area contributed by atoms with Crippen LogP contribution >= 0.6 is 23.4 Å². The topological polar surface area (TPSA) is 21.3 Å². The Kier molecular flexibility index (Phi) is 6.51. The van der Waals surface area contributed by atoms with Crippen molar-refractivity contribution in [3.63, 3.8) is 0 Å². The number of benzene rings is 1. The lowest BCUT2D eigenvalue weighted by Crippen LogP contribution is -2.18. The fourth-order valence-electron chi connectivity index (χ4n) is 2.18. The van der Waals surface area contributed by atoms with Crippen LogP contribution in [-0.2, 0) is 11.3 Å². The summed E-state index contributed by atoms with van der Waals surface area (Å²) < 4.78 is 5.42. The summed E-state index contributed by atoms with van der Waals surface area (Å²) in [6.45, 7) is 5.85. The van der Waals surface area contributed by atoms with E-state index < -0.39 is 0 Å². The SMILES string of the molecule is CCCNCc1c(Cl)cccc1SC1CCOCC1. The van der Waals surface area contributed by atoms with E-state index in [1.165, 1.54) is 10.5 Å². The van der Waals surface area contributed by atoms with E-state index in [9.17, 15) is 0 Å². The first-order valence-corrected chi connectivity index (χ1v) is 8.29. The summed E-state index contributed by atoms with van der Waals surface area (Å²) >= 11 is 8.31. The van der Waals surface area contributed by atoms with Gasteiger partial charge in [-0.3, -0.25) is 0 Å². The fourth-order valence-corrected chi connectivity index (χ4v) is 3.75. The molecule has 0 bridgehead atoms. The number of halogens is 1. The summed E-state index contributed by atoms with van der Waals surface area (Å²) in [6, 6.07) is 6.22. The fraction of sp³-hybridized carbons (Fsp3) is 0.600. The molecule has 4 heteroatoms. The van der Waals surface area contributed by atoms with E-state index in [1.54, 1.807) is 0 Å². The van der Waals surface area contributed by atoms with Gasteiger partial charge in [0.25, 0.3) is 0 Å². The second-order valence-corrected chi connectivity index (χ2v) is 6.57. The largest absolute Gasteiger partial charge is 0.381 e. The molecule has 106 valence electrons. The van der Waals surface area contributed by atoms with E-state index in [-0.39, 0.29) is 0 Å². The highest BCUT2D eigenvalue weighted by Crippen LogP contribution is 2.34. The zero-order valence-electron chi connectivity index (χ0n) is 11.5. The number of thioether (sulfide) groups is 1. The molecule has 1 N–H and O–H groups in total. The molecule has 0 spiro atoms. The average Bonchev–Trinajstić information content (AvgIpc) is 2.43. The molecule has 19 heavy (non-hydrogen) atoms. The van der Waals surface area contributed by atoms with Gasteiger partial charge in [-0.15, -0.1) is 11.8 Å². The predicted molar refractivity (Wildman–Crippen MR) is 83.1 cm³/mol. The summed E-state index contributed by atoms with van der Waals surface area (Å²) in [7, 11) is 0. The quantitative estimate of drug-likeness (QED) is 0.799. The second-order valence-electron chi connectivity index (χ2n) is 4.82. The highest BCUT2D eigenvalue weighted by molar-refractivity contribution is 8.00. The van der Waals surface area contributed by atoms with Crippen molar-refractivity contribution >= 4 is 23.4 Å². The first-order chi connectivity index (χ1) is 9.31. The Hall–Kier alpha value is -0.220. The summed E-state index contributed by atoms with van der Waals surface area (Å²) in [5.41, 5.74) is 1.24. The van der Waals surface area contributed by atoms with Crippen molar-refractivity contribution in [1.82, 2.24) is 5.32 Å². The van der Waals surface area contributed by atoms with E-state index in [1.807, 2.05) is 23.9 Å².